The molecule has 110 valence electrons. The van der Waals surface area contributed by atoms with Crippen LogP contribution in [0.25, 0.3) is 10.2 Å². The molecular weight excluding hydrogens is 300 g/mol. The lowest BCUT2D eigenvalue weighted by atomic mass is 10.4. The lowest BCUT2D eigenvalue weighted by Crippen LogP contribution is -2.24. The first kappa shape index (κ1) is 14.9. The number of nitrogen functional groups attached to an aromatic ring is 1. The fourth-order valence-corrected chi connectivity index (χ4v) is 2.91. The molecule has 0 bridgehead atoms. The highest BCUT2D eigenvalue weighted by Gasteiger charge is 2.08. The summed E-state index contributed by atoms with van der Waals surface area (Å²) in [5, 5.41) is 5.09. The Hall–Kier alpha value is -1.49. The predicted octanol–water partition coefficient (Wildman–Crippen LogP) is 0.328. The highest BCUT2D eigenvalue weighted by Crippen LogP contribution is 2.26. The maximum Gasteiger partial charge on any atom is 0.239 e. The summed E-state index contributed by atoms with van der Waals surface area (Å²) in [6.07, 6.45) is 1.79. The van der Waals surface area contributed by atoms with Crippen molar-refractivity contribution in [2.24, 2.45) is 5.84 Å². The average molecular weight is 316 g/mol. The molecule has 0 saturated heterocycles. The zero-order valence-corrected chi connectivity index (χ0v) is 12.5. The third-order valence-electron chi connectivity index (χ3n) is 2.44. The first-order valence-corrected chi connectivity index (χ1v) is 8.67. The zero-order valence-electron chi connectivity index (χ0n) is 10.9. The van der Waals surface area contributed by atoms with Crippen LogP contribution in [0, 0.1) is 0 Å². The van der Waals surface area contributed by atoms with Crippen LogP contribution in [0.2, 0.25) is 0 Å². The number of sulfonamides is 1. The summed E-state index contributed by atoms with van der Waals surface area (Å²) in [7, 11) is -3.13. The molecule has 0 spiro atoms. The van der Waals surface area contributed by atoms with E-state index in [2.05, 4.69) is 25.4 Å². The number of rotatable bonds is 7. The lowest BCUT2D eigenvalue weighted by Gasteiger charge is -2.08. The molecule has 0 atom stereocenters. The molecule has 20 heavy (non-hydrogen) atoms. The molecule has 0 aromatic carbocycles. The Labute approximate surface area is 120 Å². The number of hydrazine groups is 1. The third-order valence-corrected chi connectivity index (χ3v) is 4.08. The molecule has 2 aromatic rings. The number of aromatic nitrogens is 2. The van der Waals surface area contributed by atoms with Gasteiger partial charge in [-0.1, -0.05) is 0 Å². The van der Waals surface area contributed by atoms with Gasteiger partial charge in [-0.15, -0.1) is 11.3 Å². The van der Waals surface area contributed by atoms with Gasteiger partial charge in [-0.3, -0.25) is 5.43 Å². The number of nitrogens with one attached hydrogen (secondary N) is 3. The van der Waals surface area contributed by atoms with Crippen LogP contribution in [0.15, 0.2) is 11.4 Å². The number of nitrogens with two attached hydrogens (primary N) is 1. The summed E-state index contributed by atoms with van der Waals surface area (Å²) in [5.74, 6) is 6.36. The second-order valence-corrected chi connectivity index (χ2v) is 6.87. The van der Waals surface area contributed by atoms with Crippen molar-refractivity contribution in [2.75, 3.05) is 30.1 Å². The van der Waals surface area contributed by atoms with Gasteiger partial charge < -0.3 is 5.32 Å². The third kappa shape index (κ3) is 4.00. The first-order valence-electron chi connectivity index (χ1n) is 5.90. The number of nitrogens with zero attached hydrogens (tertiary/aromatic N) is 2. The Morgan fingerprint density at radius 2 is 2.15 bits per heavy atom. The van der Waals surface area contributed by atoms with Gasteiger partial charge in [0.15, 0.2) is 0 Å². The summed E-state index contributed by atoms with van der Waals surface area (Å²) < 4.78 is 25.2. The van der Waals surface area contributed by atoms with E-state index in [9.17, 15) is 8.42 Å². The number of hydrogen-bond donors (Lipinski definition) is 4. The van der Waals surface area contributed by atoms with Crippen molar-refractivity contribution in [3.05, 3.63) is 11.4 Å². The molecule has 10 heteroatoms. The average Bonchev–Trinajstić information content (AvgIpc) is 2.84. The molecular formula is C10H16N6O2S2. The molecule has 2 aromatic heterocycles. The topological polar surface area (TPSA) is 122 Å². The van der Waals surface area contributed by atoms with E-state index in [1.54, 1.807) is 0 Å². The quantitative estimate of drug-likeness (QED) is 0.330. The van der Waals surface area contributed by atoms with Gasteiger partial charge in [-0.05, 0) is 17.9 Å². The number of fused-ring (bicyclic) bond motifs is 1. The van der Waals surface area contributed by atoms with Gasteiger partial charge in [0.2, 0.25) is 16.0 Å². The minimum absolute atomic E-state index is 0.340. The standard InChI is InChI=1S/C10H16N6O2S2/c1-20(17,18)13-5-2-4-12-9-8-7(3-6-19-8)14-10(15-9)16-11/h3,6,13H,2,4-5,11H2,1H3,(H2,12,14,15,16). The molecule has 0 radical (unpaired) electrons. The molecule has 0 fully saturated rings. The van der Waals surface area contributed by atoms with Gasteiger partial charge >= 0.3 is 0 Å². The Morgan fingerprint density at radius 3 is 2.85 bits per heavy atom. The van der Waals surface area contributed by atoms with Crippen molar-refractivity contribution in [2.45, 2.75) is 6.42 Å². The van der Waals surface area contributed by atoms with E-state index < -0.39 is 10.0 Å². The van der Waals surface area contributed by atoms with Crippen LogP contribution in [0.3, 0.4) is 0 Å². The van der Waals surface area contributed by atoms with Crippen molar-refractivity contribution in [3.8, 4) is 0 Å². The Balaban J connectivity index is 1.97. The van der Waals surface area contributed by atoms with Gasteiger partial charge in [0.05, 0.1) is 16.5 Å². The van der Waals surface area contributed by atoms with Crippen LogP contribution in [-0.2, 0) is 10.0 Å². The maximum atomic E-state index is 10.9. The molecule has 0 unspecified atom stereocenters. The van der Waals surface area contributed by atoms with Gasteiger partial charge in [-0.2, -0.15) is 4.98 Å². The summed E-state index contributed by atoms with van der Waals surface area (Å²) in [5.41, 5.74) is 3.24. The van der Waals surface area contributed by atoms with E-state index in [1.165, 1.54) is 11.3 Å². The highest BCUT2D eigenvalue weighted by atomic mass is 32.2. The van der Waals surface area contributed by atoms with Crippen molar-refractivity contribution >= 4 is 43.3 Å². The lowest BCUT2D eigenvalue weighted by molar-refractivity contribution is 0.586. The van der Waals surface area contributed by atoms with Crippen molar-refractivity contribution in [3.63, 3.8) is 0 Å². The fraction of sp³-hybridized carbons (Fsp3) is 0.400. The van der Waals surface area contributed by atoms with Gasteiger partial charge in [-0.25, -0.2) is 24.0 Å². The van der Waals surface area contributed by atoms with E-state index in [4.69, 9.17) is 5.84 Å². The zero-order chi connectivity index (χ0) is 14.6. The van der Waals surface area contributed by atoms with Crippen molar-refractivity contribution in [1.82, 2.24) is 14.7 Å². The minimum atomic E-state index is -3.13. The summed E-state index contributed by atoms with van der Waals surface area (Å²) >= 11 is 1.53. The van der Waals surface area contributed by atoms with Gasteiger partial charge in [0.1, 0.15) is 5.82 Å². The predicted molar refractivity (Wildman–Crippen MR) is 81.2 cm³/mol. The van der Waals surface area contributed by atoms with E-state index in [-0.39, 0.29) is 0 Å². The van der Waals surface area contributed by atoms with E-state index in [0.29, 0.717) is 31.3 Å². The molecule has 2 heterocycles. The van der Waals surface area contributed by atoms with Crippen LogP contribution in [-0.4, -0.2) is 37.7 Å². The first-order chi connectivity index (χ1) is 9.49. The second-order valence-electron chi connectivity index (χ2n) is 4.12. The van der Waals surface area contributed by atoms with Crippen molar-refractivity contribution in [1.29, 1.82) is 0 Å². The fourth-order valence-electron chi connectivity index (χ4n) is 1.60. The highest BCUT2D eigenvalue weighted by molar-refractivity contribution is 7.88. The van der Waals surface area contributed by atoms with E-state index >= 15 is 0 Å². The van der Waals surface area contributed by atoms with E-state index in [0.717, 1.165) is 16.5 Å². The SMILES string of the molecule is CS(=O)(=O)NCCCNc1nc(NN)nc2ccsc12. The molecule has 0 aliphatic rings. The van der Waals surface area contributed by atoms with Crippen LogP contribution in [0.1, 0.15) is 6.42 Å². The molecule has 0 amide bonds. The van der Waals surface area contributed by atoms with Crippen molar-refractivity contribution < 1.29 is 8.42 Å². The molecule has 0 aliphatic heterocycles. The molecule has 0 saturated carbocycles. The Morgan fingerprint density at radius 1 is 1.35 bits per heavy atom. The largest absolute Gasteiger partial charge is 0.369 e. The van der Waals surface area contributed by atoms with Gasteiger partial charge in [0.25, 0.3) is 0 Å². The summed E-state index contributed by atoms with van der Waals surface area (Å²) in [6, 6.07) is 1.89. The summed E-state index contributed by atoms with van der Waals surface area (Å²) in [4.78, 5) is 8.47. The van der Waals surface area contributed by atoms with Gasteiger partial charge in [0, 0.05) is 13.1 Å². The van der Waals surface area contributed by atoms with E-state index in [1.807, 2.05) is 11.4 Å². The minimum Gasteiger partial charge on any atom is -0.369 e. The Kier molecular flexibility index (Phi) is 4.70. The molecule has 8 nitrogen and oxygen atoms in total. The normalized spacial score (nSPS) is 11.7. The Bertz CT molecular complexity index is 684. The van der Waals surface area contributed by atoms with Crippen LogP contribution in [0.5, 0.6) is 0 Å². The smallest absolute Gasteiger partial charge is 0.239 e. The van der Waals surface area contributed by atoms with Crippen LogP contribution >= 0.6 is 11.3 Å². The van der Waals surface area contributed by atoms with Crippen LogP contribution in [0.4, 0.5) is 11.8 Å². The number of anilines is 2. The molecule has 0 aliphatic carbocycles. The van der Waals surface area contributed by atoms with Crippen LogP contribution < -0.4 is 21.3 Å². The molecule has 5 N–H and O–H groups in total. The number of thiophene rings is 1. The monoisotopic (exact) mass is 316 g/mol. The second kappa shape index (κ2) is 6.31. The maximum absolute atomic E-state index is 10.9. The number of hydrogen-bond acceptors (Lipinski definition) is 8. The summed E-state index contributed by atoms with van der Waals surface area (Å²) in [6.45, 7) is 0.975. The molecule has 2 rings (SSSR count).